The van der Waals surface area contributed by atoms with Crippen molar-refractivity contribution in [1.29, 1.82) is 0 Å². The van der Waals surface area contributed by atoms with Crippen molar-refractivity contribution in [3.63, 3.8) is 0 Å². The Labute approximate surface area is 64.0 Å². The van der Waals surface area contributed by atoms with Crippen molar-refractivity contribution in [3.8, 4) is 0 Å². The summed E-state index contributed by atoms with van der Waals surface area (Å²) in [7, 11) is 0. The van der Waals surface area contributed by atoms with Gasteiger partial charge < -0.3 is 10.2 Å². The third-order valence-corrected chi connectivity index (χ3v) is 0.914. The largest absolute Gasteiger partial charge is 0.333 e. The minimum atomic E-state index is -0.565. The third kappa shape index (κ3) is 5.31. The highest BCUT2D eigenvalue weighted by Crippen LogP contribution is 1.79. The molecule has 3 amide bonds. The maximum atomic E-state index is 10.6. The van der Waals surface area contributed by atoms with Crippen molar-refractivity contribution in [1.82, 2.24) is 10.6 Å². The molecule has 1 unspecified atom stereocenters. The summed E-state index contributed by atoms with van der Waals surface area (Å²) in [5.41, 5.74) is 0. The lowest BCUT2D eigenvalue weighted by Gasteiger charge is -2.10. The molecule has 0 saturated carbocycles. The number of rotatable bonds is 4. The first kappa shape index (κ1) is 9.86. The van der Waals surface area contributed by atoms with Crippen LogP contribution in [-0.4, -0.2) is 25.1 Å². The topological polar surface area (TPSA) is 93.4 Å². The van der Waals surface area contributed by atoms with Gasteiger partial charge in [0, 0.05) is 0 Å². The first-order valence-electron chi connectivity index (χ1n) is 3.03. The van der Waals surface area contributed by atoms with Crippen LogP contribution in [0, 0.1) is 0 Å². The van der Waals surface area contributed by atoms with E-state index in [4.69, 9.17) is 5.90 Å². The van der Waals surface area contributed by atoms with Crippen molar-refractivity contribution < 1.29 is 14.4 Å². The number of hydrogen-bond donors (Lipinski definition) is 3. The van der Waals surface area contributed by atoms with Crippen molar-refractivity contribution >= 4 is 12.4 Å². The number of nitrogens with two attached hydrogens (primary N) is 1. The molecule has 0 spiro atoms. The number of amides is 3. The minimum absolute atomic E-state index is 0.201. The molecular formula is C5H11N3O3. The van der Waals surface area contributed by atoms with Gasteiger partial charge in [-0.3, -0.25) is 10.1 Å². The number of urea groups is 1. The number of carbonyl (C=O) groups is 2. The zero-order valence-corrected chi connectivity index (χ0v) is 6.16. The highest BCUT2D eigenvalue weighted by atomic mass is 16.6. The fourth-order valence-electron chi connectivity index (χ4n) is 0.505. The Morgan fingerprint density at radius 1 is 1.82 bits per heavy atom. The van der Waals surface area contributed by atoms with E-state index in [0.717, 1.165) is 0 Å². The number of imide groups is 1. The van der Waals surface area contributed by atoms with Gasteiger partial charge in [0.05, 0.1) is 12.6 Å². The van der Waals surface area contributed by atoms with Crippen LogP contribution in [0.4, 0.5) is 4.79 Å². The van der Waals surface area contributed by atoms with Crippen LogP contribution < -0.4 is 16.5 Å². The molecule has 6 heteroatoms. The molecule has 64 valence electrons. The molecule has 1 atom stereocenters. The SMILES string of the molecule is CC(CON)NC(=O)NC=O. The first-order valence-corrected chi connectivity index (χ1v) is 3.03. The smallest absolute Gasteiger partial charge is 0.321 e. The molecule has 0 aliphatic heterocycles. The van der Waals surface area contributed by atoms with Crippen molar-refractivity contribution in [2.45, 2.75) is 13.0 Å². The van der Waals surface area contributed by atoms with Crippen molar-refractivity contribution in [2.24, 2.45) is 5.90 Å². The van der Waals surface area contributed by atoms with Gasteiger partial charge in [0.1, 0.15) is 0 Å². The van der Waals surface area contributed by atoms with E-state index in [9.17, 15) is 9.59 Å². The molecule has 0 saturated heterocycles. The Kier molecular flexibility index (Phi) is 5.05. The summed E-state index contributed by atoms with van der Waals surface area (Å²) in [6.45, 7) is 1.89. The standard InChI is InChI=1S/C5H11N3O3/c1-4(2-11-6)8-5(10)7-3-9/h3-4H,2,6H2,1H3,(H2,7,8,9,10). The van der Waals surface area contributed by atoms with E-state index in [2.05, 4.69) is 10.2 Å². The minimum Gasteiger partial charge on any atom is -0.333 e. The maximum absolute atomic E-state index is 10.6. The molecule has 6 nitrogen and oxygen atoms in total. The van der Waals surface area contributed by atoms with E-state index in [1.54, 1.807) is 6.92 Å². The van der Waals surface area contributed by atoms with E-state index < -0.39 is 6.03 Å². The summed E-state index contributed by atoms with van der Waals surface area (Å²) in [5.74, 6) is 4.74. The third-order valence-electron chi connectivity index (χ3n) is 0.914. The molecule has 0 radical (unpaired) electrons. The zero-order valence-electron chi connectivity index (χ0n) is 6.16. The Balaban J connectivity index is 3.48. The molecule has 0 aromatic heterocycles. The van der Waals surface area contributed by atoms with Gasteiger partial charge in [-0.2, -0.15) is 0 Å². The van der Waals surface area contributed by atoms with E-state index in [1.807, 2.05) is 5.32 Å². The maximum Gasteiger partial charge on any atom is 0.321 e. The van der Waals surface area contributed by atoms with Gasteiger partial charge in [-0.25, -0.2) is 10.7 Å². The lowest BCUT2D eigenvalue weighted by Crippen LogP contribution is -2.42. The highest BCUT2D eigenvalue weighted by molar-refractivity contribution is 5.84. The van der Waals surface area contributed by atoms with Gasteiger partial charge >= 0.3 is 6.03 Å². The summed E-state index contributed by atoms with van der Waals surface area (Å²) in [4.78, 5) is 24.6. The first-order chi connectivity index (χ1) is 5.20. The van der Waals surface area contributed by atoms with Crippen LogP contribution >= 0.6 is 0 Å². The molecular weight excluding hydrogens is 150 g/mol. The van der Waals surface area contributed by atoms with Gasteiger partial charge in [-0.1, -0.05) is 0 Å². The monoisotopic (exact) mass is 161 g/mol. The van der Waals surface area contributed by atoms with E-state index >= 15 is 0 Å². The fourth-order valence-corrected chi connectivity index (χ4v) is 0.505. The van der Waals surface area contributed by atoms with Gasteiger partial charge in [-0.05, 0) is 6.92 Å². The number of hydrogen-bond acceptors (Lipinski definition) is 4. The summed E-state index contributed by atoms with van der Waals surface area (Å²) in [5, 5.41) is 4.30. The van der Waals surface area contributed by atoms with Gasteiger partial charge in [0.2, 0.25) is 6.41 Å². The lowest BCUT2D eigenvalue weighted by atomic mass is 10.4. The zero-order chi connectivity index (χ0) is 8.69. The van der Waals surface area contributed by atoms with Crippen LogP contribution in [0.15, 0.2) is 0 Å². The van der Waals surface area contributed by atoms with E-state index in [0.29, 0.717) is 6.41 Å². The van der Waals surface area contributed by atoms with Gasteiger partial charge in [0.25, 0.3) is 0 Å². The van der Waals surface area contributed by atoms with Gasteiger partial charge in [0.15, 0.2) is 0 Å². The summed E-state index contributed by atoms with van der Waals surface area (Å²) >= 11 is 0. The molecule has 0 bridgehead atoms. The van der Waals surface area contributed by atoms with Crippen LogP contribution in [-0.2, 0) is 9.63 Å². The predicted molar refractivity (Wildman–Crippen MR) is 37.3 cm³/mol. The molecule has 0 heterocycles. The average Bonchev–Trinajstić information content (AvgIpc) is 1.87. The lowest BCUT2D eigenvalue weighted by molar-refractivity contribution is -0.108. The quantitative estimate of drug-likeness (QED) is 0.353. The van der Waals surface area contributed by atoms with E-state index in [-0.39, 0.29) is 12.6 Å². The van der Waals surface area contributed by atoms with Crippen molar-refractivity contribution in [3.05, 3.63) is 0 Å². The Bertz CT molecular complexity index is 139. The second-order valence-electron chi connectivity index (χ2n) is 1.97. The van der Waals surface area contributed by atoms with Crippen LogP contribution in [0.2, 0.25) is 0 Å². The van der Waals surface area contributed by atoms with Crippen LogP contribution in [0.3, 0.4) is 0 Å². The molecule has 0 aromatic rings. The summed E-state index contributed by atoms with van der Waals surface area (Å²) in [6, 6.07) is -0.788. The Morgan fingerprint density at radius 3 is 2.91 bits per heavy atom. The fraction of sp³-hybridized carbons (Fsp3) is 0.600. The van der Waals surface area contributed by atoms with Crippen LogP contribution in [0.25, 0.3) is 0 Å². The van der Waals surface area contributed by atoms with Gasteiger partial charge in [-0.15, -0.1) is 0 Å². The van der Waals surface area contributed by atoms with Crippen LogP contribution in [0.1, 0.15) is 6.92 Å². The summed E-state index contributed by atoms with van der Waals surface area (Å²) in [6.07, 6.45) is 0.297. The average molecular weight is 161 g/mol. The predicted octanol–water partition coefficient (Wildman–Crippen LogP) is -1.28. The highest BCUT2D eigenvalue weighted by Gasteiger charge is 2.04. The molecule has 11 heavy (non-hydrogen) atoms. The number of carbonyl (C=O) groups excluding carboxylic acids is 2. The molecule has 0 fully saturated rings. The second kappa shape index (κ2) is 5.63. The summed E-state index contributed by atoms with van der Waals surface area (Å²) < 4.78 is 0. The Hall–Kier alpha value is -1.14. The second-order valence-corrected chi connectivity index (χ2v) is 1.97. The Morgan fingerprint density at radius 2 is 2.45 bits per heavy atom. The van der Waals surface area contributed by atoms with E-state index in [1.165, 1.54) is 0 Å². The molecule has 0 aromatic carbocycles. The normalized spacial score (nSPS) is 11.8. The molecule has 0 rings (SSSR count). The molecule has 0 aliphatic rings. The molecule has 4 N–H and O–H groups in total. The molecule has 0 aliphatic carbocycles. The van der Waals surface area contributed by atoms with Crippen molar-refractivity contribution in [2.75, 3.05) is 6.61 Å². The number of nitrogens with one attached hydrogen (secondary N) is 2. The van der Waals surface area contributed by atoms with Crippen LogP contribution in [0.5, 0.6) is 0 Å².